The Morgan fingerprint density at radius 2 is 2.00 bits per heavy atom. The number of aldehydes is 1. The number of aromatic nitrogens is 1. The van der Waals surface area contributed by atoms with Crippen LogP contribution in [0, 0.1) is 6.92 Å². The van der Waals surface area contributed by atoms with E-state index in [0.29, 0.717) is 18.9 Å². The Balaban J connectivity index is 0.000000500. The summed E-state index contributed by atoms with van der Waals surface area (Å²) in [7, 11) is 2.06. The van der Waals surface area contributed by atoms with Crippen molar-refractivity contribution in [3.8, 4) is 0 Å². The summed E-state index contributed by atoms with van der Waals surface area (Å²) in [6.45, 7) is 11.5. The molecule has 0 aliphatic carbocycles. The minimum atomic E-state index is 0.0833. The van der Waals surface area contributed by atoms with Gasteiger partial charge in [0, 0.05) is 34.7 Å². The summed E-state index contributed by atoms with van der Waals surface area (Å²) in [6, 6.07) is 6.49. The normalized spacial score (nSPS) is 13.6. The molecule has 0 spiro atoms. The van der Waals surface area contributed by atoms with Gasteiger partial charge in [0.2, 0.25) is 5.91 Å². The Morgan fingerprint density at radius 3 is 2.54 bits per heavy atom. The van der Waals surface area contributed by atoms with E-state index in [-0.39, 0.29) is 5.91 Å². The summed E-state index contributed by atoms with van der Waals surface area (Å²) in [5, 5.41) is 4.27. The number of amides is 1. The second kappa shape index (κ2) is 10.9. The molecule has 2 heterocycles. The summed E-state index contributed by atoms with van der Waals surface area (Å²) in [6.07, 6.45) is 3.88. The average molecular weight is 422 g/mol. The van der Waals surface area contributed by atoms with Crippen LogP contribution in [0.25, 0.3) is 10.9 Å². The fraction of sp³-hybridized carbons (Fsp3) is 0.400. The van der Waals surface area contributed by atoms with Crippen LogP contribution in [0.2, 0.25) is 0 Å². The van der Waals surface area contributed by atoms with Crippen LogP contribution in [0.15, 0.2) is 41.5 Å². The van der Waals surface area contributed by atoms with E-state index in [1.165, 1.54) is 17.0 Å². The number of likely N-dealkylation sites (N-methyl/N-ethyl adjacent to an activating group) is 1. The zero-order chi connectivity index (χ0) is 19.7. The van der Waals surface area contributed by atoms with Crippen LogP contribution in [-0.2, 0) is 16.1 Å². The lowest BCUT2D eigenvalue weighted by Crippen LogP contribution is -2.57. The molecule has 0 atom stereocenters. The summed E-state index contributed by atoms with van der Waals surface area (Å²) in [4.78, 5) is 23.3. The Bertz CT molecular complexity index is 743. The molecular weight excluding hydrogens is 394 g/mol. The molecule has 1 amide bonds. The number of rotatable bonds is 4. The lowest BCUT2D eigenvalue weighted by molar-refractivity contribution is -0.123. The third-order valence-corrected chi connectivity index (χ3v) is 4.38. The molecule has 1 aromatic carbocycles. The third kappa shape index (κ3) is 6.11. The van der Waals surface area contributed by atoms with Gasteiger partial charge in [0.15, 0.2) is 0 Å². The fourth-order valence-electron chi connectivity index (χ4n) is 2.80. The van der Waals surface area contributed by atoms with E-state index < -0.39 is 0 Å². The SMILES string of the molecule is C=CC=O.CC.Cc1cn(CC(=O)NC2CN(C)C2)c2cc(Br)ccc12. The quantitative estimate of drug-likeness (QED) is 0.606. The molecule has 1 saturated heterocycles. The molecule has 26 heavy (non-hydrogen) atoms. The van der Waals surface area contributed by atoms with E-state index in [0.717, 1.165) is 23.1 Å². The standard InChI is InChI=1S/C15H18BrN3O.C3H4O.C2H6/c1-10-6-19(14-5-11(16)3-4-13(10)14)9-15(20)17-12-7-18(2)8-12;1-2-3-4;1-2/h3-6,12H,7-9H2,1-2H3,(H,17,20);2-3H,1H2;1-2H3. The van der Waals surface area contributed by atoms with Crippen molar-refractivity contribution in [1.29, 1.82) is 0 Å². The number of benzene rings is 1. The number of carbonyl (C=O) groups is 2. The molecule has 1 fully saturated rings. The van der Waals surface area contributed by atoms with Gasteiger partial charge in [-0.1, -0.05) is 42.4 Å². The van der Waals surface area contributed by atoms with Crippen molar-refractivity contribution >= 4 is 39.0 Å². The third-order valence-electron chi connectivity index (χ3n) is 3.88. The minimum Gasteiger partial charge on any atom is -0.349 e. The highest BCUT2D eigenvalue weighted by atomic mass is 79.9. The van der Waals surface area contributed by atoms with Gasteiger partial charge >= 0.3 is 0 Å². The summed E-state index contributed by atoms with van der Waals surface area (Å²) in [5.41, 5.74) is 2.29. The maximum atomic E-state index is 12.1. The van der Waals surface area contributed by atoms with Gasteiger partial charge in [0.25, 0.3) is 0 Å². The summed E-state index contributed by atoms with van der Waals surface area (Å²) in [5.74, 6) is 0.0833. The van der Waals surface area contributed by atoms with E-state index >= 15 is 0 Å². The smallest absolute Gasteiger partial charge is 0.240 e. The highest BCUT2D eigenvalue weighted by Gasteiger charge is 2.24. The Kier molecular flexibility index (Phi) is 9.30. The van der Waals surface area contributed by atoms with Gasteiger partial charge in [-0.2, -0.15) is 0 Å². The first-order valence-electron chi connectivity index (χ1n) is 8.73. The van der Waals surface area contributed by atoms with Crippen molar-refractivity contribution in [3.05, 3.63) is 47.1 Å². The van der Waals surface area contributed by atoms with Gasteiger partial charge in [-0.3, -0.25) is 9.59 Å². The van der Waals surface area contributed by atoms with E-state index in [1.54, 1.807) is 0 Å². The highest BCUT2D eigenvalue weighted by molar-refractivity contribution is 9.10. The highest BCUT2D eigenvalue weighted by Crippen LogP contribution is 2.24. The number of aryl methyl sites for hydroxylation is 1. The molecule has 1 aliphatic heterocycles. The first-order chi connectivity index (χ1) is 12.4. The lowest BCUT2D eigenvalue weighted by atomic mass is 10.1. The molecule has 1 aliphatic rings. The van der Waals surface area contributed by atoms with E-state index in [4.69, 9.17) is 4.79 Å². The summed E-state index contributed by atoms with van der Waals surface area (Å²) < 4.78 is 3.05. The van der Waals surface area contributed by atoms with E-state index in [9.17, 15) is 4.79 Å². The maximum Gasteiger partial charge on any atom is 0.240 e. The Labute approximate surface area is 164 Å². The first-order valence-corrected chi connectivity index (χ1v) is 9.53. The molecule has 0 radical (unpaired) electrons. The Morgan fingerprint density at radius 1 is 1.38 bits per heavy atom. The van der Waals surface area contributed by atoms with Crippen molar-refractivity contribution in [2.24, 2.45) is 0 Å². The van der Waals surface area contributed by atoms with E-state index in [2.05, 4.69) is 58.8 Å². The van der Waals surface area contributed by atoms with Crippen molar-refractivity contribution < 1.29 is 9.59 Å². The van der Waals surface area contributed by atoms with Crippen LogP contribution in [0.4, 0.5) is 0 Å². The van der Waals surface area contributed by atoms with Gasteiger partial charge in [-0.05, 0) is 37.7 Å². The van der Waals surface area contributed by atoms with E-state index in [1.807, 2.05) is 30.7 Å². The monoisotopic (exact) mass is 421 g/mol. The molecule has 3 rings (SSSR count). The molecule has 5 nitrogen and oxygen atoms in total. The van der Waals surface area contributed by atoms with Crippen molar-refractivity contribution in [2.75, 3.05) is 20.1 Å². The number of halogens is 1. The van der Waals surface area contributed by atoms with Gasteiger partial charge < -0.3 is 14.8 Å². The predicted molar refractivity (Wildman–Crippen MR) is 111 cm³/mol. The number of fused-ring (bicyclic) bond motifs is 1. The predicted octanol–water partition coefficient (Wildman–Crippen LogP) is 3.54. The largest absolute Gasteiger partial charge is 0.349 e. The second-order valence-electron chi connectivity index (χ2n) is 5.96. The number of hydrogen-bond acceptors (Lipinski definition) is 3. The zero-order valence-corrected chi connectivity index (χ0v) is 17.5. The second-order valence-corrected chi connectivity index (χ2v) is 6.87. The number of allylic oxidation sites excluding steroid dienone is 1. The van der Waals surface area contributed by atoms with Gasteiger partial charge in [-0.25, -0.2) is 0 Å². The first kappa shape index (κ1) is 22.1. The van der Waals surface area contributed by atoms with Gasteiger partial charge in [0.1, 0.15) is 12.8 Å². The van der Waals surface area contributed by atoms with Crippen LogP contribution in [0.1, 0.15) is 19.4 Å². The van der Waals surface area contributed by atoms with Crippen molar-refractivity contribution in [1.82, 2.24) is 14.8 Å². The average Bonchev–Trinajstić information content (AvgIpc) is 2.90. The topological polar surface area (TPSA) is 54.3 Å². The number of likely N-dealkylation sites (tertiary alicyclic amines) is 1. The molecule has 142 valence electrons. The van der Waals surface area contributed by atoms with Gasteiger partial charge in [0.05, 0.1) is 6.04 Å². The zero-order valence-electron chi connectivity index (χ0n) is 16.0. The molecule has 0 unspecified atom stereocenters. The van der Waals surface area contributed by atoms with Crippen molar-refractivity contribution in [3.63, 3.8) is 0 Å². The van der Waals surface area contributed by atoms with Crippen LogP contribution in [0.5, 0.6) is 0 Å². The number of hydrogen-bond donors (Lipinski definition) is 1. The van der Waals surface area contributed by atoms with Crippen LogP contribution in [-0.4, -0.2) is 47.8 Å². The fourth-order valence-corrected chi connectivity index (χ4v) is 3.15. The molecule has 2 aromatic rings. The molecule has 6 heteroatoms. The number of nitrogens with zero attached hydrogens (tertiary/aromatic N) is 2. The minimum absolute atomic E-state index is 0.0833. The van der Waals surface area contributed by atoms with Gasteiger partial charge in [-0.15, -0.1) is 0 Å². The van der Waals surface area contributed by atoms with Crippen molar-refractivity contribution in [2.45, 2.75) is 33.4 Å². The summed E-state index contributed by atoms with van der Waals surface area (Å²) >= 11 is 3.49. The molecule has 0 saturated carbocycles. The van der Waals surface area contributed by atoms with Crippen LogP contribution in [0.3, 0.4) is 0 Å². The molecule has 1 N–H and O–H groups in total. The molecule has 0 bridgehead atoms. The number of carbonyl (C=O) groups excluding carboxylic acids is 2. The number of nitrogens with one attached hydrogen (secondary N) is 1. The van der Waals surface area contributed by atoms with Crippen LogP contribution >= 0.6 is 15.9 Å². The Hall–Kier alpha value is -1.92. The lowest BCUT2D eigenvalue weighted by Gasteiger charge is -2.36. The van der Waals surface area contributed by atoms with Crippen LogP contribution < -0.4 is 5.32 Å². The molecular formula is C20H28BrN3O2. The maximum absolute atomic E-state index is 12.1. The molecule has 1 aromatic heterocycles.